The third-order valence-electron chi connectivity index (χ3n) is 7.74. The van der Waals surface area contributed by atoms with Crippen LogP contribution in [0.5, 0.6) is 11.5 Å². The summed E-state index contributed by atoms with van der Waals surface area (Å²) in [6.07, 6.45) is 6.01. The van der Waals surface area contributed by atoms with Crippen molar-refractivity contribution in [3.63, 3.8) is 0 Å². The van der Waals surface area contributed by atoms with Gasteiger partial charge in [0.05, 0.1) is 5.56 Å². The molecule has 1 aliphatic carbocycles. The molecule has 0 spiro atoms. The molecule has 0 saturated heterocycles. The SMILES string of the molecule is CCCCC[C@H]1CC[C@H](CCc2c(F)cc(-c3ccccc3)c(Oc3ccc(C(F)(F)F)cc3)c2F)CC1. The highest BCUT2D eigenvalue weighted by Gasteiger charge is 2.30. The summed E-state index contributed by atoms with van der Waals surface area (Å²) in [4.78, 5) is 0. The van der Waals surface area contributed by atoms with Crippen molar-refractivity contribution in [3.05, 3.63) is 83.4 Å². The zero-order valence-corrected chi connectivity index (χ0v) is 21.8. The lowest BCUT2D eigenvalue weighted by Crippen LogP contribution is -2.15. The highest BCUT2D eigenvalue weighted by Crippen LogP contribution is 2.41. The van der Waals surface area contributed by atoms with Crippen LogP contribution in [-0.4, -0.2) is 0 Å². The number of benzene rings is 3. The Kier molecular flexibility index (Phi) is 9.45. The van der Waals surface area contributed by atoms with Gasteiger partial charge < -0.3 is 4.74 Å². The number of rotatable bonds is 10. The summed E-state index contributed by atoms with van der Waals surface area (Å²) in [5.41, 5.74) is -0.0814. The maximum atomic E-state index is 15.9. The second-order valence-corrected chi connectivity index (χ2v) is 10.4. The average molecular weight is 531 g/mol. The molecular weight excluding hydrogens is 495 g/mol. The summed E-state index contributed by atoms with van der Waals surface area (Å²) in [5, 5.41) is 0. The summed E-state index contributed by atoms with van der Waals surface area (Å²) < 4.78 is 75.9. The third-order valence-corrected chi connectivity index (χ3v) is 7.74. The quantitative estimate of drug-likeness (QED) is 0.187. The first-order valence-electron chi connectivity index (χ1n) is 13.7. The predicted octanol–water partition coefficient (Wildman–Crippen LogP) is 10.8. The van der Waals surface area contributed by atoms with E-state index in [1.54, 1.807) is 30.3 Å². The molecule has 1 fully saturated rings. The molecule has 0 heterocycles. The highest BCUT2D eigenvalue weighted by atomic mass is 19.4. The van der Waals surface area contributed by atoms with Crippen LogP contribution in [0.3, 0.4) is 0 Å². The molecule has 0 atom stereocenters. The molecule has 0 bridgehead atoms. The van der Waals surface area contributed by atoms with Gasteiger partial charge in [-0.15, -0.1) is 0 Å². The molecule has 1 aliphatic rings. The van der Waals surface area contributed by atoms with Crippen LogP contribution >= 0.6 is 0 Å². The van der Waals surface area contributed by atoms with Crippen LogP contribution in [0, 0.1) is 23.5 Å². The molecule has 3 aromatic rings. The number of alkyl halides is 3. The van der Waals surface area contributed by atoms with Crippen molar-refractivity contribution in [2.24, 2.45) is 11.8 Å². The Morgan fingerprint density at radius 1 is 0.816 bits per heavy atom. The first kappa shape index (κ1) is 28.1. The maximum absolute atomic E-state index is 15.9. The van der Waals surface area contributed by atoms with E-state index < -0.39 is 23.4 Å². The molecule has 1 nitrogen and oxygen atoms in total. The third kappa shape index (κ3) is 7.15. The van der Waals surface area contributed by atoms with E-state index in [0.29, 0.717) is 17.9 Å². The monoisotopic (exact) mass is 530 g/mol. The fourth-order valence-corrected chi connectivity index (χ4v) is 5.47. The van der Waals surface area contributed by atoms with E-state index in [2.05, 4.69) is 6.92 Å². The summed E-state index contributed by atoms with van der Waals surface area (Å²) in [6, 6.07) is 14.1. The Morgan fingerprint density at radius 3 is 2.05 bits per heavy atom. The molecule has 0 radical (unpaired) electrons. The van der Waals surface area contributed by atoms with Crippen molar-refractivity contribution in [2.45, 2.75) is 77.3 Å². The van der Waals surface area contributed by atoms with Crippen LogP contribution in [0.15, 0.2) is 60.7 Å². The van der Waals surface area contributed by atoms with Gasteiger partial charge in [0.15, 0.2) is 11.6 Å². The number of halogens is 5. The molecule has 0 unspecified atom stereocenters. The van der Waals surface area contributed by atoms with Crippen molar-refractivity contribution >= 4 is 0 Å². The molecule has 4 rings (SSSR count). The van der Waals surface area contributed by atoms with Gasteiger partial charge in [0, 0.05) is 11.1 Å². The van der Waals surface area contributed by atoms with E-state index in [4.69, 9.17) is 4.74 Å². The summed E-state index contributed by atoms with van der Waals surface area (Å²) in [7, 11) is 0. The maximum Gasteiger partial charge on any atom is 0.416 e. The van der Waals surface area contributed by atoms with Crippen molar-refractivity contribution in [2.75, 3.05) is 0 Å². The predicted molar refractivity (Wildman–Crippen MR) is 141 cm³/mol. The van der Waals surface area contributed by atoms with E-state index >= 15 is 8.78 Å². The topological polar surface area (TPSA) is 9.23 Å². The average Bonchev–Trinajstić information content (AvgIpc) is 2.91. The fraction of sp³-hybridized carbons (Fsp3) is 0.438. The molecule has 38 heavy (non-hydrogen) atoms. The van der Waals surface area contributed by atoms with Crippen LogP contribution in [0.25, 0.3) is 11.1 Å². The first-order valence-corrected chi connectivity index (χ1v) is 13.7. The van der Waals surface area contributed by atoms with Crippen LogP contribution in [0.4, 0.5) is 22.0 Å². The molecule has 0 aromatic heterocycles. The molecule has 1 saturated carbocycles. The van der Waals surface area contributed by atoms with Crippen molar-refractivity contribution < 1.29 is 26.7 Å². The van der Waals surface area contributed by atoms with E-state index in [-0.39, 0.29) is 29.0 Å². The standard InChI is InChI=1S/C32H35F5O/c1-2-3-5-8-22-11-13-23(14-12-22)15-20-27-29(33)21-28(24-9-6-4-7-10-24)31(30(27)34)38-26-18-16-25(17-19-26)32(35,36)37/h4,6-7,9-10,16-19,21-23H,2-3,5,8,11-15,20H2,1H3/t22-,23-. The number of hydrogen-bond acceptors (Lipinski definition) is 1. The Bertz CT molecular complexity index is 1160. The van der Waals surface area contributed by atoms with Crippen LogP contribution < -0.4 is 4.74 Å². The zero-order valence-electron chi connectivity index (χ0n) is 21.8. The van der Waals surface area contributed by atoms with Gasteiger partial charge in [-0.2, -0.15) is 13.2 Å². The molecule has 0 amide bonds. The lowest BCUT2D eigenvalue weighted by molar-refractivity contribution is -0.137. The molecule has 0 N–H and O–H groups in total. The van der Waals surface area contributed by atoms with E-state index in [0.717, 1.165) is 43.0 Å². The second kappa shape index (κ2) is 12.8. The Labute approximate surface area is 222 Å². The van der Waals surface area contributed by atoms with Crippen molar-refractivity contribution in [1.29, 1.82) is 0 Å². The van der Waals surface area contributed by atoms with Gasteiger partial charge in [-0.3, -0.25) is 0 Å². The second-order valence-electron chi connectivity index (χ2n) is 10.4. The van der Waals surface area contributed by atoms with Crippen LogP contribution in [0.2, 0.25) is 0 Å². The van der Waals surface area contributed by atoms with Gasteiger partial charge in [0.2, 0.25) is 0 Å². The summed E-state index contributed by atoms with van der Waals surface area (Å²) in [5.74, 6) is -0.351. The first-order chi connectivity index (χ1) is 18.3. The number of ether oxygens (including phenoxy) is 1. The van der Waals surface area contributed by atoms with Crippen LogP contribution in [-0.2, 0) is 12.6 Å². The highest BCUT2D eigenvalue weighted by molar-refractivity contribution is 5.72. The van der Waals surface area contributed by atoms with Gasteiger partial charge in [-0.25, -0.2) is 8.78 Å². The van der Waals surface area contributed by atoms with Gasteiger partial charge >= 0.3 is 6.18 Å². The molecule has 204 valence electrons. The molecular formula is C32H35F5O. The normalized spacial score (nSPS) is 17.9. The minimum atomic E-state index is -4.49. The Balaban J connectivity index is 1.53. The Morgan fingerprint density at radius 2 is 1.45 bits per heavy atom. The minimum absolute atomic E-state index is 0.0309. The van der Waals surface area contributed by atoms with Gasteiger partial charge in [0.1, 0.15) is 11.6 Å². The zero-order chi connectivity index (χ0) is 27.1. The minimum Gasteiger partial charge on any atom is -0.454 e. The van der Waals surface area contributed by atoms with Crippen LogP contribution in [0.1, 0.15) is 75.8 Å². The largest absolute Gasteiger partial charge is 0.454 e. The smallest absolute Gasteiger partial charge is 0.416 e. The van der Waals surface area contributed by atoms with Gasteiger partial charge in [-0.05, 0) is 60.6 Å². The van der Waals surface area contributed by atoms with E-state index in [1.165, 1.54) is 44.6 Å². The molecule has 0 aliphatic heterocycles. The van der Waals surface area contributed by atoms with E-state index in [9.17, 15) is 13.2 Å². The number of unbranched alkanes of at least 4 members (excludes halogenated alkanes) is 2. The lowest BCUT2D eigenvalue weighted by Gasteiger charge is -2.28. The Hall–Kier alpha value is -2.89. The summed E-state index contributed by atoms with van der Waals surface area (Å²) in [6.45, 7) is 2.21. The van der Waals surface area contributed by atoms with E-state index in [1.807, 2.05) is 0 Å². The molecule has 6 heteroatoms. The molecule has 3 aromatic carbocycles. The fourth-order valence-electron chi connectivity index (χ4n) is 5.47. The van der Waals surface area contributed by atoms with Gasteiger partial charge in [0.25, 0.3) is 0 Å². The summed E-state index contributed by atoms with van der Waals surface area (Å²) >= 11 is 0. The lowest BCUT2D eigenvalue weighted by atomic mass is 9.77. The van der Waals surface area contributed by atoms with Gasteiger partial charge in [-0.1, -0.05) is 88.6 Å². The number of hydrogen-bond donors (Lipinski definition) is 0. The van der Waals surface area contributed by atoms with Crippen molar-refractivity contribution in [1.82, 2.24) is 0 Å². The van der Waals surface area contributed by atoms with Crippen molar-refractivity contribution in [3.8, 4) is 22.6 Å².